The van der Waals surface area contributed by atoms with Gasteiger partial charge in [0.15, 0.2) is 0 Å². The Morgan fingerprint density at radius 3 is 2.30 bits per heavy atom. The van der Waals surface area contributed by atoms with Crippen LogP contribution < -0.4 is 0 Å². The van der Waals surface area contributed by atoms with Gasteiger partial charge in [-0.05, 0) is 6.42 Å². The van der Waals surface area contributed by atoms with Crippen LogP contribution in [-0.4, -0.2) is 16.4 Å². The van der Waals surface area contributed by atoms with Gasteiger partial charge in [0, 0.05) is 21.7 Å². The third-order valence-corrected chi connectivity index (χ3v) is 1.28. The van der Waals surface area contributed by atoms with Gasteiger partial charge in [-0.15, -0.1) is 0 Å². The number of hydrogen-bond acceptors (Lipinski definition) is 2. The molecular formula is C4H11O4PTi. The van der Waals surface area contributed by atoms with Crippen LogP contribution in [0.1, 0.15) is 19.8 Å². The van der Waals surface area contributed by atoms with Gasteiger partial charge in [-0.25, -0.2) is 4.57 Å². The van der Waals surface area contributed by atoms with Crippen LogP contribution in [-0.2, 0) is 30.8 Å². The standard InChI is InChI=1S/C4H11O4P.Ti/c1-2-3-4-8-9(5,6)7;/h2-4H2,1H3,(H2,5,6,7);. The van der Waals surface area contributed by atoms with E-state index in [4.69, 9.17) is 9.79 Å². The van der Waals surface area contributed by atoms with Gasteiger partial charge in [-0.3, -0.25) is 4.52 Å². The van der Waals surface area contributed by atoms with E-state index in [1.54, 1.807) is 0 Å². The van der Waals surface area contributed by atoms with Crippen molar-refractivity contribution in [2.24, 2.45) is 0 Å². The van der Waals surface area contributed by atoms with Crippen LogP contribution >= 0.6 is 7.82 Å². The summed E-state index contributed by atoms with van der Waals surface area (Å²) < 4.78 is 14.1. The van der Waals surface area contributed by atoms with E-state index in [9.17, 15) is 4.57 Å². The van der Waals surface area contributed by atoms with Crippen molar-refractivity contribution in [3.05, 3.63) is 0 Å². The van der Waals surface area contributed by atoms with E-state index in [1.165, 1.54) is 0 Å². The second-order valence-corrected chi connectivity index (χ2v) is 2.92. The van der Waals surface area contributed by atoms with Crippen LogP contribution in [0.25, 0.3) is 0 Å². The van der Waals surface area contributed by atoms with Crippen molar-refractivity contribution < 1.29 is 40.6 Å². The Kier molecular flexibility index (Phi) is 8.76. The van der Waals surface area contributed by atoms with E-state index in [1.807, 2.05) is 6.92 Å². The molecule has 60 valence electrons. The fourth-order valence-electron chi connectivity index (χ4n) is 0.328. The molecule has 0 bridgehead atoms. The Morgan fingerprint density at radius 1 is 1.50 bits per heavy atom. The van der Waals surface area contributed by atoms with Crippen molar-refractivity contribution in [1.29, 1.82) is 0 Å². The predicted octanol–water partition coefficient (Wildman–Crippen LogP) is 0.893. The maximum absolute atomic E-state index is 9.98. The molecule has 0 aromatic carbocycles. The summed E-state index contributed by atoms with van der Waals surface area (Å²) in [7, 11) is -4.20. The third kappa shape index (κ3) is 11.6. The molecule has 0 amide bonds. The molecule has 0 rings (SSSR count). The molecule has 4 nitrogen and oxygen atoms in total. The average molecular weight is 202 g/mol. The Morgan fingerprint density at radius 2 is 2.00 bits per heavy atom. The van der Waals surface area contributed by atoms with Crippen molar-refractivity contribution in [2.45, 2.75) is 19.8 Å². The van der Waals surface area contributed by atoms with Gasteiger partial charge in [0.2, 0.25) is 0 Å². The molecule has 0 aromatic rings. The van der Waals surface area contributed by atoms with Crippen LogP contribution in [0.2, 0.25) is 0 Å². The summed E-state index contributed by atoms with van der Waals surface area (Å²) in [6, 6.07) is 0. The average Bonchev–Trinajstić information content (AvgIpc) is 1.63. The second kappa shape index (κ2) is 6.53. The van der Waals surface area contributed by atoms with Crippen LogP contribution in [0.15, 0.2) is 0 Å². The summed E-state index contributed by atoms with van der Waals surface area (Å²) >= 11 is 0. The maximum Gasteiger partial charge on any atom is 0.469 e. The molecule has 0 saturated carbocycles. The zero-order valence-electron chi connectivity index (χ0n) is 5.78. The SMILES string of the molecule is CCCCOP(=O)(O)O.[Ti]. The van der Waals surface area contributed by atoms with E-state index in [-0.39, 0.29) is 28.3 Å². The topological polar surface area (TPSA) is 66.8 Å². The minimum Gasteiger partial charge on any atom is -0.303 e. The minimum absolute atomic E-state index is 0. The molecule has 0 saturated heterocycles. The van der Waals surface area contributed by atoms with E-state index in [0.29, 0.717) is 6.42 Å². The van der Waals surface area contributed by atoms with E-state index < -0.39 is 7.82 Å². The molecule has 10 heavy (non-hydrogen) atoms. The molecule has 0 aliphatic rings. The van der Waals surface area contributed by atoms with Crippen LogP contribution in [0.4, 0.5) is 0 Å². The molecule has 0 heterocycles. The Balaban J connectivity index is 0. The van der Waals surface area contributed by atoms with Crippen molar-refractivity contribution in [3.8, 4) is 0 Å². The number of rotatable bonds is 4. The molecule has 0 unspecified atom stereocenters. The first-order valence-electron chi connectivity index (χ1n) is 2.76. The van der Waals surface area contributed by atoms with Crippen molar-refractivity contribution >= 4 is 7.82 Å². The predicted molar refractivity (Wildman–Crippen MR) is 32.9 cm³/mol. The molecule has 0 radical (unpaired) electrons. The Labute approximate surface area is 75.1 Å². The normalized spacial score (nSPS) is 10.7. The molecule has 0 aliphatic heterocycles. The van der Waals surface area contributed by atoms with E-state index in [2.05, 4.69) is 4.52 Å². The van der Waals surface area contributed by atoms with E-state index >= 15 is 0 Å². The summed E-state index contributed by atoms with van der Waals surface area (Å²) in [5.41, 5.74) is 0. The largest absolute Gasteiger partial charge is 0.469 e. The van der Waals surface area contributed by atoms with Crippen LogP contribution in [0.5, 0.6) is 0 Å². The van der Waals surface area contributed by atoms with E-state index in [0.717, 1.165) is 6.42 Å². The molecule has 0 atom stereocenters. The summed E-state index contributed by atoms with van der Waals surface area (Å²) in [6.07, 6.45) is 1.56. The molecule has 0 aromatic heterocycles. The summed E-state index contributed by atoms with van der Waals surface area (Å²) in [6.45, 7) is 2.06. The van der Waals surface area contributed by atoms with Gasteiger partial charge < -0.3 is 9.79 Å². The van der Waals surface area contributed by atoms with Crippen LogP contribution in [0, 0.1) is 0 Å². The molecule has 6 heteroatoms. The van der Waals surface area contributed by atoms with Crippen molar-refractivity contribution in [3.63, 3.8) is 0 Å². The molecular weight excluding hydrogens is 191 g/mol. The zero-order chi connectivity index (χ0) is 7.33. The first-order chi connectivity index (χ1) is 4.06. The van der Waals surface area contributed by atoms with Crippen molar-refractivity contribution in [2.75, 3.05) is 6.61 Å². The van der Waals surface area contributed by atoms with Gasteiger partial charge in [-0.1, -0.05) is 13.3 Å². The Hall–Kier alpha value is 0.824. The smallest absolute Gasteiger partial charge is 0.303 e. The van der Waals surface area contributed by atoms with Crippen molar-refractivity contribution in [1.82, 2.24) is 0 Å². The number of unbranched alkanes of at least 4 members (excludes halogenated alkanes) is 1. The van der Waals surface area contributed by atoms with Gasteiger partial charge in [0.05, 0.1) is 6.61 Å². The molecule has 0 spiro atoms. The monoisotopic (exact) mass is 202 g/mol. The quantitative estimate of drug-likeness (QED) is 0.403. The Bertz CT molecular complexity index is 112. The van der Waals surface area contributed by atoms with Gasteiger partial charge in [0.1, 0.15) is 0 Å². The summed E-state index contributed by atoms with van der Waals surface area (Å²) in [5.74, 6) is 0. The number of phosphoric acid groups is 1. The first kappa shape index (κ1) is 13.4. The zero-order valence-corrected chi connectivity index (χ0v) is 8.24. The molecule has 2 N–H and O–H groups in total. The summed E-state index contributed by atoms with van der Waals surface area (Å²) in [5, 5.41) is 0. The minimum atomic E-state index is -4.20. The maximum atomic E-state index is 9.98. The van der Waals surface area contributed by atoms with Gasteiger partial charge >= 0.3 is 7.82 Å². The fraction of sp³-hybridized carbons (Fsp3) is 1.00. The number of hydrogen-bond donors (Lipinski definition) is 2. The molecule has 0 fully saturated rings. The first-order valence-corrected chi connectivity index (χ1v) is 4.29. The van der Waals surface area contributed by atoms with Gasteiger partial charge in [0.25, 0.3) is 0 Å². The molecule has 0 aliphatic carbocycles. The van der Waals surface area contributed by atoms with Gasteiger partial charge in [-0.2, -0.15) is 0 Å². The summed E-state index contributed by atoms with van der Waals surface area (Å²) in [4.78, 5) is 16.3. The number of phosphoric ester groups is 1. The van der Waals surface area contributed by atoms with Crippen LogP contribution in [0.3, 0.4) is 0 Å². The second-order valence-electron chi connectivity index (χ2n) is 1.68. The third-order valence-electron chi connectivity index (χ3n) is 0.757. The fourth-order valence-corrected chi connectivity index (χ4v) is 0.695.